The van der Waals surface area contributed by atoms with E-state index in [0.29, 0.717) is 5.92 Å². The van der Waals surface area contributed by atoms with E-state index in [0.717, 1.165) is 6.42 Å². The lowest BCUT2D eigenvalue weighted by molar-refractivity contribution is -0.113. The predicted molar refractivity (Wildman–Crippen MR) is 64.7 cm³/mol. The van der Waals surface area contributed by atoms with Gasteiger partial charge < -0.3 is 0 Å². The smallest absolute Gasteiger partial charge is 0.225 e. The number of carbonyl (C=O) groups is 1. The van der Waals surface area contributed by atoms with Crippen LogP contribution in [-0.4, -0.2) is 12.2 Å². The van der Waals surface area contributed by atoms with Crippen molar-refractivity contribution in [2.75, 3.05) is 0 Å². The van der Waals surface area contributed by atoms with Crippen molar-refractivity contribution < 1.29 is 4.79 Å². The van der Waals surface area contributed by atoms with Gasteiger partial charge in [0.25, 0.3) is 0 Å². The Balaban J connectivity index is 2.49. The molecule has 0 radical (unpaired) electrons. The van der Waals surface area contributed by atoms with E-state index in [1.807, 2.05) is 0 Å². The molecule has 3 atom stereocenters. The summed E-state index contributed by atoms with van der Waals surface area (Å²) < 4.78 is -0.348. The molecule has 0 aromatic rings. The zero-order valence-electron chi connectivity index (χ0n) is 5.74. The molecule has 1 unspecified atom stereocenters. The van der Waals surface area contributed by atoms with Gasteiger partial charge in [-0.2, -0.15) is 0 Å². The molecule has 0 aliphatic heterocycles. The van der Waals surface area contributed by atoms with Crippen LogP contribution in [-0.2, 0) is 4.79 Å². The first-order valence-corrected chi connectivity index (χ1v) is 6.91. The average Bonchev–Trinajstić information content (AvgIpc) is 2.61. The molecule has 0 aromatic carbocycles. The van der Waals surface area contributed by atoms with Crippen LogP contribution < -0.4 is 0 Å². The van der Waals surface area contributed by atoms with Crippen molar-refractivity contribution in [3.8, 4) is 0 Å². The van der Waals surface area contributed by atoms with Crippen molar-refractivity contribution in [2.45, 2.75) is 13.4 Å². The SMILES string of the molecule is O=C(Cl)[C@@H]1C[C@H]1C(Br)C(Br)(Br)Br. The molecular formula is C6H5Br4ClO. The molecule has 0 bridgehead atoms. The van der Waals surface area contributed by atoms with Crippen LogP contribution in [0.3, 0.4) is 0 Å². The molecule has 12 heavy (non-hydrogen) atoms. The van der Waals surface area contributed by atoms with Gasteiger partial charge in [-0.15, -0.1) is 0 Å². The topological polar surface area (TPSA) is 17.1 Å². The van der Waals surface area contributed by atoms with E-state index in [1.165, 1.54) is 0 Å². The normalized spacial score (nSPS) is 31.4. The standard InChI is InChI=1S/C6H5Br4ClO/c7-4(6(8,9)10)2-1-3(2)5(11)12/h2-4H,1H2/t2-,3-,4?/m1/s1. The van der Waals surface area contributed by atoms with Gasteiger partial charge in [0.2, 0.25) is 5.24 Å². The second kappa shape index (κ2) is 4.17. The van der Waals surface area contributed by atoms with E-state index in [4.69, 9.17) is 11.6 Å². The largest absolute Gasteiger partial charge is 0.281 e. The molecule has 0 spiro atoms. The molecule has 1 aliphatic carbocycles. The van der Waals surface area contributed by atoms with Gasteiger partial charge >= 0.3 is 0 Å². The van der Waals surface area contributed by atoms with E-state index < -0.39 is 0 Å². The molecule has 1 fully saturated rings. The number of carbonyl (C=O) groups excluding carboxylic acids is 1. The van der Waals surface area contributed by atoms with E-state index in [1.54, 1.807) is 0 Å². The Kier molecular flexibility index (Phi) is 4.15. The van der Waals surface area contributed by atoms with Gasteiger partial charge in [0.15, 0.2) is 0 Å². The van der Waals surface area contributed by atoms with Crippen LogP contribution >= 0.6 is 75.3 Å². The summed E-state index contributed by atoms with van der Waals surface area (Å²) in [5.74, 6) is 0.330. The summed E-state index contributed by atoms with van der Waals surface area (Å²) in [7, 11) is 0. The van der Waals surface area contributed by atoms with Gasteiger partial charge in [0.1, 0.15) is 2.14 Å². The zero-order chi connectivity index (χ0) is 9.52. The summed E-state index contributed by atoms with van der Waals surface area (Å²) in [5.41, 5.74) is 0. The highest BCUT2D eigenvalue weighted by atomic mass is 80.0. The third-order valence-corrected chi connectivity index (χ3v) is 6.79. The molecular weight excluding hydrogens is 443 g/mol. The summed E-state index contributed by atoms with van der Waals surface area (Å²) in [6.07, 6.45) is 0.864. The Morgan fingerprint density at radius 1 is 1.50 bits per heavy atom. The van der Waals surface area contributed by atoms with E-state index in [2.05, 4.69) is 63.7 Å². The zero-order valence-corrected chi connectivity index (χ0v) is 12.8. The van der Waals surface area contributed by atoms with Crippen LogP contribution in [0.15, 0.2) is 0 Å². The van der Waals surface area contributed by atoms with Crippen molar-refractivity contribution in [2.24, 2.45) is 11.8 Å². The predicted octanol–water partition coefficient (Wildman–Crippen LogP) is 3.99. The van der Waals surface area contributed by atoms with Crippen LogP contribution in [0.1, 0.15) is 6.42 Å². The van der Waals surface area contributed by atoms with Crippen molar-refractivity contribution in [1.82, 2.24) is 0 Å². The lowest BCUT2D eigenvalue weighted by Gasteiger charge is -2.19. The van der Waals surface area contributed by atoms with Gasteiger partial charge in [-0.25, -0.2) is 0 Å². The van der Waals surface area contributed by atoms with Crippen LogP contribution in [0, 0.1) is 11.8 Å². The number of alkyl halides is 4. The first-order valence-electron chi connectivity index (χ1n) is 3.24. The highest BCUT2D eigenvalue weighted by Crippen LogP contribution is 2.54. The van der Waals surface area contributed by atoms with Gasteiger partial charge in [-0.1, -0.05) is 63.7 Å². The minimum Gasteiger partial charge on any atom is -0.281 e. The molecule has 70 valence electrons. The second-order valence-corrected chi connectivity index (χ2v) is 11.1. The summed E-state index contributed by atoms with van der Waals surface area (Å²) >= 11 is 19.0. The fourth-order valence-corrected chi connectivity index (χ4v) is 2.90. The van der Waals surface area contributed by atoms with Crippen molar-refractivity contribution in [1.29, 1.82) is 0 Å². The number of halogens is 5. The summed E-state index contributed by atoms with van der Waals surface area (Å²) in [4.78, 5) is 10.9. The number of hydrogen-bond donors (Lipinski definition) is 0. The van der Waals surface area contributed by atoms with E-state index in [-0.39, 0.29) is 18.1 Å². The third-order valence-electron chi connectivity index (χ3n) is 1.82. The maximum Gasteiger partial charge on any atom is 0.225 e. The Morgan fingerprint density at radius 3 is 2.25 bits per heavy atom. The third kappa shape index (κ3) is 2.94. The van der Waals surface area contributed by atoms with Crippen molar-refractivity contribution in [3.63, 3.8) is 0 Å². The van der Waals surface area contributed by atoms with Gasteiger partial charge in [-0.05, 0) is 23.9 Å². The first kappa shape index (κ1) is 12.0. The Morgan fingerprint density at radius 2 is 2.00 bits per heavy atom. The molecule has 0 saturated heterocycles. The van der Waals surface area contributed by atoms with Gasteiger partial charge in [0.05, 0.1) is 4.83 Å². The highest BCUT2D eigenvalue weighted by Gasteiger charge is 2.51. The van der Waals surface area contributed by atoms with Crippen LogP contribution in [0.5, 0.6) is 0 Å². The maximum atomic E-state index is 10.7. The van der Waals surface area contributed by atoms with Crippen LogP contribution in [0.4, 0.5) is 0 Å². The molecule has 0 heterocycles. The average molecular weight is 448 g/mol. The Labute approximate surface area is 109 Å². The van der Waals surface area contributed by atoms with E-state index >= 15 is 0 Å². The second-order valence-electron chi connectivity index (χ2n) is 2.75. The molecule has 1 saturated carbocycles. The van der Waals surface area contributed by atoms with Gasteiger partial charge in [-0.3, -0.25) is 4.79 Å². The van der Waals surface area contributed by atoms with Crippen LogP contribution in [0.2, 0.25) is 0 Å². The monoisotopic (exact) mass is 444 g/mol. The Hall–Kier alpha value is 1.88. The van der Waals surface area contributed by atoms with E-state index in [9.17, 15) is 4.79 Å². The lowest BCUT2D eigenvalue weighted by atomic mass is 10.3. The lowest BCUT2D eigenvalue weighted by Crippen LogP contribution is -2.20. The summed E-state index contributed by atoms with van der Waals surface area (Å²) in [6.45, 7) is 0. The Bertz CT molecular complexity index is 202. The number of hydrogen-bond acceptors (Lipinski definition) is 1. The molecule has 1 rings (SSSR count). The van der Waals surface area contributed by atoms with Gasteiger partial charge in [0, 0.05) is 5.92 Å². The summed E-state index contributed by atoms with van der Waals surface area (Å²) in [5, 5.41) is -0.235. The molecule has 1 nitrogen and oxygen atoms in total. The molecule has 0 amide bonds. The minimum atomic E-state index is -0.348. The van der Waals surface area contributed by atoms with Crippen molar-refractivity contribution in [3.05, 3.63) is 0 Å². The van der Waals surface area contributed by atoms with Crippen LogP contribution in [0.25, 0.3) is 0 Å². The highest BCUT2D eigenvalue weighted by molar-refractivity contribution is 9.40. The summed E-state index contributed by atoms with van der Waals surface area (Å²) in [6, 6.07) is 0. The quantitative estimate of drug-likeness (QED) is 0.462. The fraction of sp³-hybridized carbons (Fsp3) is 0.833. The molecule has 0 aromatic heterocycles. The fourth-order valence-electron chi connectivity index (χ4n) is 1.04. The molecule has 0 N–H and O–H groups in total. The van der Waals surface area contributed by atoms with Crippen molar-refractivity contribution >= 4 is 80.6 Å². The molecule has 1 aliphatic rings. The molecule has 6 heteroatoms. The number of rotatable bonds is 2. The minimum absolute atomic E-state index is 0.0167. The first-order chi connectivity index (χ1) is 5.34. The maximum absolute atomic E-state index is 10.7.